The monoisotopic (exact) mass is 236 g/mol. The number of carbonyl (C=O) groups is 1. The second-order valence-electron chi connectivity index (χ2n) is 4.53. The first-order valence-corrected chi connectivity index (χ1v) is 6.24. The van der Waals surface area contributed by atoms with Crippen LogP contribution in [-0.4, -0.2) is 40.6 Å². The molecule has 5 heteroatoms. The lowest BCUT2D eigenvalue weighted by Crippen LogP contribution is -2.28. The molecule has 0 unspecified atom stereocenters. The van der Waals surface area contributed by atoms with Gasteiger partial charge in [-0.3, -0.25) is 9.89 Å². The zero-order chi connectivity index (χ0) is 12.1. The summed E-state index contributed by atoms with van der Waals surface area (Å²) in [5.74, 6) is 0.315. The molecule has 0 bridgehead atoms. The van der Waals surface area contributed by atoms with Crippen LogP contribution in [0.1, 0.15) is 30.5 Å². The normalized spacial score (nSPS) is 15.8. The molecular formula is C12H20N4O. The molecule has 17 heavy (non-hydrogen) atoms. The molecule has 0 aromatic carbocycles. The van der Waals surface area contributed by atoms with Crippen molar-refractivity contribution in [3.63, 3.8) is 0 Å². The second kappa shape index (κ2) is 5.82. The predicted molar refractivity (Wildman–Crippen MR) is 65.5 cm³/mol. The molecule has 1 saturated heterocycles. The highest BCUT2D eigenvalue weighted by Gasteiger charge is 2.18. The van der Waals surface area contributed by atoms with Crippen LogP contribution in [0.4, 0.5) is 0 Å². The van der Waals surface area contributed by atoms with Crippen molar-refractivity contribution < 1.29 is 4.79 Å². The van der Waals surface area contributed by atoms with E-state index in [1.165, 1.54) is 5.56 Å². The topological polar surface area (TPSA) is 61.0 Å². The van der Waals surface area contributed by atoms with Crippen LogP contribution in [0.25, 0.3) is 0 Å². The fraction of sp³-hybridized carbons (Fsp3) is 0.667. The molecule has 2 N–H and O–H groups in total. The van der Waals surface area contributed by atoms with E-state index in [0.717, 1.165) is 51.1 Å². The summed E-state index contributed by atoms with van der Waals surface area (Å²) in [6, 6.07) is 0. The summed E-state index contributed by atoms with van der Waals surface area (Å²) in [6.45, 7) is 5.63. The van der Waals surface area contributed by atoms with Gasteiger partial charge < -0.3 is 10.2 Å². The van der Waals surface area contributed by atoms with E-state index in [1.807, 2.05) is 18.0 Å². The first kappa shape index (κ1) is 12.1. The van der Waals surface area contributed by atoms with Crippen LogP contribution in [0, 0.1) is 6.92 Å². The Hall–Kier alpha value is -1.36. The molecular weight excluding hydrogens is 216 g/mol. The van der Waals surface area contributed by atoms with Crippen LogP contribution in [0.3, 0.4) is 0 Å². The largest absolute Gasteiger partial charge is 0.343 e. The average Bonchev–Trinajstić information content (AvgIpc) is 2.89. The molecule has 1 aromatic rings. The molecule has 0 radical (unpaired) electrons. The van der Waals surface area contributed by atoms with Gasteiger partial charge in [0.1, 0.15) is 0 Å². The van der Waals surface area contributed by atoms with Crippen LogP contribution in [0.2, 0.25) is 0 Å². The average molecular weight is 236 g/mol. The molecule has 0 atom stereocenters. The van der Waals surface area contributed by atoms with Crippen LogP contribution in [-0.2, 0) is 11.3 Å². The Kier molecular flexibility index (Phi) is 4.14. The molecule has 0 saturated carbocycles. The fourth-order valence-electron chi connectivity index (χ4n) is 2.11. The summed E-state index contributed by atoms with van der Waals surface area (Å²) >= 11 is 0. The fourth-order valence-corrected chi connectivity index (χ4v) is 2.11. The third kappa shape index (κ3) is 3.30. The molecule has 2 heterocycles. The molecule has 5 nitrogen and oxygen atoms in total. The van der Waals surface area contributed by atoms with Crippen molar-refractivity contribution in [2.24, 2.45) is 0 Å². The summed E-state index contributed by atoms with van der Waals surface area (Å²) in [6.07, 6.45) is 4.64. The Morgan fingerprint density at radius 1 is 1.59 bits per heavy atom. The predicted octanol–water partition coefficient (Wildman–Crippen LogP) is 0.820. The number of aryl methyl sites for hydroxylation is 1. The second-order valence-corrected chi connectivity index (χ2v) is 4.53. The minimum absolute atomic E-state index is 0.315. The van der Waals surface area contributed by atoms with Gasteiger partial charge in [-0.1, -0.05) is 0 Å². The van der Waals surface area contributed by atoms with Crippen molar-refractivity contribution in [1.29, 1.82) is 0 Å². The number of nitrogens with zero attached hydrogens (tertiary/aromatic N) is 2. The number of nitrogens with one attached hydrogen (secondary N) is 2. The molecule has 1 aliphatic rings. The summed E-state index contributed by atoms with van der Waals surface area (Å²) in [4.78, 5) is 13.3. The quantitative estimate of drug-likeness (QED) is 0.719. The summed E-state index contributed by atoms with van der Waals surface area (Å²) in [7, 11) is 0. The number of hydrogen-bond donors (Lipinski definition) is 2. The van der Waals surface area contributed by atoms with E-state index < -0.39 is 0 Å². The number of amides is 1. The van der Waals surface area contributed by atoms with E-state index in [1.54, 1.807) is 0 Å². The van der Waals surface area contributed by atoms with Gasteiger partial charge in [-0.15, -0.1) is 0 Å². The van der Waals surface area contributed by atoms with Crippen LogP contribution in [0.5, 0.6) is 0 Å². The third-order valence-corrected chi connectivity index (χ3v) is 3.20. The lowest BCUT2D eigenvalue weighted by Gasteiger charge is -2.15. The maximum absolute atomic E-state index is 11.4. The van der Waals surface area contributed by atoms with Crippen LogP contribution < -0.4 is 5.32 Å². The van der Waals surface area contributed by atoms with Crippen LogP contribution >= 0.6 is 0 Å². The van der Waals surface area contributed by atoms with Gasteiger partial charge in [0.15, 0.2) is 0 Å². The van der Waals surface area contributed by atoms with Crippen molar-refractivity contribution in [3.8, 4) is 0 Å². The Morgan fingerprint density at radius 2 is 2.47 bits per heavy atom. The Morgan fingerprint density at radius 3 is 3.12 bits per heavy atom. The number of likely N-dealkylation sites (tertiary alicyclic amines) is 1. The van der Waals surface area contributed by atoms with Gasteiger partial charge >= 0.3 is 0 Å². The number of H-pyrrole nitrogens is 1. The minimum atomic E-state index is 0.315. The van der Waals surface area contributed by atoms with E-state index in [4.69, 9.17) is 0 Å². The molecule has 1 amide bonds. The van der Waals surface area contributed by atoms with Gasteiger partial charge in [0.2, 0.25) is 5.91 Å². The van der Waals surface area contributed by atoms with E-state index in [-0.39, 0.29) is 0 Å². The molecule has 0 aliphatic carbocycles. The Labute approximate surface area is 102 Å². The summed E-state index contributed by atoms with van der Waals surface area (Å²) in [5, 5.41) is 10.3. The number of rotatable bonds is 6. The molecule has 0 spiro atoms. The number of aromatic amines is 1. The Balaban J connectivity index is 1.58. The summed E-state index contributed by atoms with van der Waals surface area (Å²) < 4.78 is 0. The maximum atomic E-state index is 11.4. The van der Waals surface area contributed by atoms with Gasteiger partial charge in [0, 0.05) is 37.3 Å². The van der Waals surface area contributed by atoms with Crippen molar-refractivity contribution >= 4 is 5.91 Å². The van der Waals surface area contributed by atoms with E-state index in [9.17, 15) is 4.79 Å². The number of carbonyl (C=O) groups excluding carboxylic acids is 1. The van der Waals surface area contributed by atoms with Crippen molar-refractivity contribution in [2.75, 3.05) is 19.6 Å². The molecule has 2 rings (SSSR count). The van der Waals surface area contributed by atoms with Crippen LogP contribution in [0.15, 0.2) is 6.20 Å². The van der Waals surface area contributed by atoms with Gasteiger partial charge in [-0.2, -0.15) is 5.10 Å². The molecule has 1 aromatic heterocycles. The highest BCUT2D eigenvalue weighted by molar-refractivity contribution is 5.77. The van der Waals surface area contributed by atoms with E-state index in [0.29, 0.717) is 5.91 Å². The van der Waals surface area contributed by atoms with Gasteiger partial charge in [0.25, 0.3) is 0 Å². The van der Waals surface area contributed by atoms with Gasteiger partial charge in [-0.05, 0) is 26.3 Å². The standard InChI is InChI=1S/C12H20N4O/c1-10-11(9-14-15-10)8-13-5-3-7-16-6-2-4-12(16)17/h9,13H,2-8H2,1H3,(H,14,15). The minimum Gasteiger partial charge on any atom is -0.343 e. The highest BCUT2D eigenvalue weighted by Crippen LogP contribution is 2.09. The third-order valence-electron chi connectivity index (χ3n) is 3.20. The van der Waals surface area contributed by atoms with Crippen molar-refractivity contribution in [3.05, 3.63) is 17.5 Å². The van der Waals surface area contributed by atoms with Crippen molar-refractivity contribution in [1.82, 2.24) is 20.4 Å². The first-order valence-electron chi connectivity index (χ1n) is 6.24. The first-order chi connectivity index (χ1) is 8.27. The zero-order valence-electron chi connectivity index (χ0n) is 10.3. The van der Waals surface area contributed by atoms with E-state index >= 15 is 0 Å². The smallest absolute Gasteiger partial charge is 0.222 e. The van der Waals surface area contributed by atoms with Gasteiger partial charge in [-0.25, -0.2) is 0 Å². The Bertz CT molecular complexity index is 374. The summed E-state index contributed by atoms with van der Waals surface area (Å²) in [5.41, 5.74) is 2.33. The van der Waals surface area contributed by atoms with Gasteiger partial charge in [0.05, 0.1) is 6.20 Å². The maximum Gasteiger partial charge on any atom is 0.222 e. The molecule has 1 fully saturated rings. The van der Waals surface area contributed by atoms with Crippen molar-refractivity contribution in [2.45, 2.75) is 32.7 Å². The molecule has 94 valence electrons. The van der Waals surface area contributed by atoms with E-state index in [2.05, 4.69) is 15.5 Å². The number of aromatic nitrogens is 2. The lowest BCUT2D eigenvalue weighted by atomic mass is 10.2. The lowest BCUT2D eigenvalue weighted by molar-refractivity contribution is -0.127. The highest BCUT2D eigenvalue weighted by atomic mass is 16.2. The number of hydrogen-bond acceptors (Lipinski definition) is 3. The SMILES string of the molecule is Cc1[nH]ncc1CNCCCN1CCCC1=O. The molecule has 1 aliphatic heterocycles. The zero-order valence-corrected chi connectivity index (χ0v) is 10.3.